The van der Waals surface area contributed by atoms with Gasteiger partial charge in [-0.3, -0.25) is 14.2 Å². The summed E-state index contributed by atoms with van der Waals surface area (Å²) in [5.74, 6) is 1.95. The van der Waals surface area contributed by atoms with E-state index in [0.717, 1.165) is 39.7 Å². The molecule has 0 bridgehead atoms. The number of unbranched alkanes of at least 4 members (excludes halogenated alkanes) is 1. The first-order valence-electron chi connectivity index (χ1n) is 14.0. The van der Waals surface area contributed by atoms with E-state index in [1.54, 1.807) is 11.8 Å². The topological polar surface area (TPSA) is 71.3 Å². The van der Waals surface area contributed by atoms with Gasteiger partial charge < -0.3 is 9.80 Å². The SMILES string of the molecule is CC1CN(C(=O)CCCCSc2nnc(Cc3ccccc3)n2-c2ccccc2)CCN1C(=O)c1ccc(Br)cc1. The molecule has 5 rings (SSSR count). The summed E-state index contributed by atoms with van der Waals surface area (Å²) in [6.07, 6.45) is 2.94. The van der Waals surface area contributed by atoms with Crippen LogP contribution in [0.25, 0.3) is 5.69 Å². The van der Waals surface area contributed by atoms with E-state index in [-0.39, 0.29) is 17.9 Å². The molecule has 1 atom stereocenters. The fraction of sp³-hybridized carbons (Fsp3) is 0.312. The Morgan fingerprint density at radius 1 is 0.902 bits per heavy atom. The Kier molecular flexibility index (Phi) is 9.90. The highest BCUT2D eigenvalue weighted by Crippen LogP contribution is 2.25. The molecule has 1 fully saturated rings. The lowest BCUT2D eigenvalue weighted by atomic mass is 10.1. The second kappa shape index (κ2) is 14.0. The third kappa shape index (κ3) is 7.45. The van der Waals surface area contributed by atoms with Crippen LogP contribution in [0.2, 0.25) is 0 Å². The van der Waals surface area contributed by atoms with E-state index >= 15 is 0 Å². The molecular weight excluding hydrogens is 598 g/mol. The molecule has 0 aliphatic carbocycles. The lowest BCUT2D eigenvalue weighted by molar-refractivity contribution is -0.133. The molecule has 41 heavy (non-hydrogen) atoms. The second-order valence-electron chi connectivity index (χ2n) is 10.2. The number of halogens is 1. The number of thioether (sulfide) groups is 1. The molecule has 3 aromatic carbocycles. The Labute approximate surface area is 254 Å². The number of hydrogen-bond donors (Lipinski definition) is 0. The van der Waals surface area contributed by atoms with Crippen LogP contribution in [0.15, 0.2) is 94.6 Å². The number of benzene rings is 3. The van der Waals surface area contributed by atoms with E-state index in [1.807, 2.05) is 77.4 Å². The minimum absolute atomic E-state index is 0.0180. The zero-order valence-electron chi connectivity index (χ0n) is 23.2. The molecule has 1 unspecified atom stereocenters. The number of para-hydroxylation sites is 1. The monoisotopic (exact) mass is 631 g/mol. The van der Waals surface area contributed by atoms with Gasteiger partial charge in [-0.2, -0.15) is 0 Å². The average Bonchev–Trinajstić information content (AvgIpc) is 3.39. The van der Waals surface area contributed by atoms with Crippen LogP contribution in [0.3, 0.4) is 0 Å². The van der Waals surface area contributed by atoms with Crippen molar-refractivity contribution in [2.75, 3.05) is 25.4 Å². The summed E-state index contributed by atoms with van der Waals surface area (Å²) < 4.78 is 3.08. The second-order valence-corrected chi connectivity index (χ2v) is 12.2. The Hall–Kier alpha value is -3.43. The minimum atomic E-state index is -0.0196. The number of amides is 2. The molecule has 212 valence electrons. The van der Waals surface area contributed by atoms with Crippen LogP contribution < -0.4 is 0 Å². The van der Waals surface area contributed by atoms with Crippen molar-refractivity contribution in [2.24, 2.45) is 0 Å². The quantitative estimate of drug-likeness (QED) is 0.153. The third-order valence-corrected chi connectivity index (χ3v) is 8.81. The van der Waals surface area contributed by atoms with Gasteiger partial charge in [0.1, 0.15) is 5.82 Å². The zero-order chi connectivity index (χ0) is 28.6. The van der Waals surface area contributed by atoms with Crippen LogP contribution >= 0.6 is 27.7 Å². The van der Waals surface area contributed by atoms with Gasteiger partial charge in [0.15, 0.2) is 5.16 Å². The Balaban J connectivity index is 1.10. The molecule has 9 heteroatoms. The highest BCUT2D eigenvalue weighted by Gasteiger charge is 2.30. The van der Waals surface area contributed by atoms with Crippen molar-refractivity contribution in [1.29, 1.82) is 0 Å². The van der Waals surface area contributed by atoms with Crippen molar-refractivity contribution >= 4 is 39.5 Å². The van der Waals surface area contributed by atoms with Crippen LogP contribution in [-0.4, -0.2) is 67.8 Å². The number of piperazine rings is 1. The van der Waals surface area contributed by atoms with E-state index in [1.165, 1.54) is 5.56 Å². The average molecular weight is 633 g/mol. The molecule has 1 aromatic heterocycles. The molecule has 1 aliphatic heterocycles. The van der Waals surface area contributed by atoms with Crippen LogP contribution in [0.4, 0.5) is 0 Å². The van der Waals surface area contributed by atoms with Crippen molar-refractivity contribution in [3.05, 3.63) is 106 Å². The van der Waals surface area contributed by atoms with Gasteiger partial charge in [0.2, 0.25) is 5.91 Å². The first kappa shape index (κ1) is 29.1. The maximum Gasteiger partial charge on any atom is 0.254 e. The molecule has 1 aliphatic rings. The van der Waals surface area contributed by atoms with Crippen LogP contribution in [0, 0.1) is 0 Å². The van der Waals surface area contributed by atoms with Crippen molar-refractivity contribution in [1.82, 2.24) is 24.6 Å². The Bertz CT molecular complexity index is 1450. The number of hydrogen-bond acceptors (Lipinski definition) is 5. The van der Waals surface area contributed by atoms with Gasteiger partial charge in [0, 0.05) is 60.0 Å². The molecule has 0 N–H and O–H groups in total. The van der Waals surface area contributed by atoms with E-state index in [2.05, 4.69) is 55.0 Å². The summed E-state index contributed by atoms with van der Waals surface area (Å²) in [4.78, 5) is 29.7. The highest BCUT2D eigenvalue weighted by molar-refractivity contribution is 9.10. The Morgan fingerprint density at radius 3 is 2.32 bits per heavy atom. The predicted molar refractivity (Wildman–Crippen MR) is 166 cm³/mol. The molecule has 7 nitrogen and oxygen atoms in total. The van der Waals surface area contributed by atoms with Gasteiger partial charge in [-0.1, -0.05) is 76.2 Å². The Morgan fingerprint density at radius 2 is 1.61 bits per heavy atom. The summed E-state index contributed by atoms with van der Waals surface area (Å²) in [6.45, 7) is 3.71. The summed E-state index contributed by atoms with van der Waals surface area (Å²) in [5, 5.41) is 9.91. The molecule has 0 spiro atoms. The third-order valence-electron chi connectivity index (χ3n) is 7.27. The van der Waals surface area contributed by atoms with E-state index < -0.39 is 0 Å². The molecular formula is C32H34BrN5O2S. The molecule has 2 heterocycles. The fourth-order valence-corrected chi connectivity index (χ4v) is 6.30. The van der Waals surface area contributed by atoms with Crippen molar-refractivity contribution in [2.45, 2.75) is 43.8 Å². The smallest absolute Gasteiger partial charge is 0.254 e. The molecule has 0 saturated carbocycles. The van der Waals surface area contributed by atoms with Crippen molar-refractivity contribution < 1.29 is 9.59 Å². The number of carbonyl (C=O) groups excluding carboxylic acids is 2. The van der Waals surface area contributed by atoms with Crippen LogP contribution in [0.1, 0.15) is 47.9 Å². The summed E-state index contributed by atoms with van der Waals surface area (Å²) in [7, 11) is 0. The lowest BCUT2D eigenvalue weighted by Crippen LogP contribution is -2.55. The van der Waals surface area contributed by atoms with Crippen molar-refractivity contribution in [3.8, 4) is 5.69 Å². The van der Waals surface area contributed by atoms with Crippen LogP contribution in [-0.2, 0) is 11.2 Å². The van der Waals surface area contributed by atoms with Gasteiger partial charge in [0.05, 0.1) is 0 Å². The summed E-state index contributed by atoms with van der Waals surface area (Å²) in [6, 6.07) is 27.9. The predicted octanol–water partition coefficient (Wildman–Crippen LogP) is 6.26. The van der Waals surface area contributed by atoms with Crippen LogP contribution in [0.5, 0.6) is 0 Å². The minimum Gasteiger partial charge on any atom is -0.339 e. The van der Waals surface area contributed by atoms with Gasteiger partial charge in [-0.25, -0.2) is 0 Å². The molecule has 1 saturated heterocycles. The lowest BCUT2D eigenvalue weighted by Gasteiger charge is -2.40. The molecule has 2 amide bonds. The van der Waals surface area contributed by atoms with Gasteiger partial charge in [-0.15, -0.1) is 10.2 Å². The maximum absolute atomic E-state index is 13.0. The normalized spacial score (nSPS) is 15.2. The van der Waals surface area contributed by atoms with Gasteiger partial charge in [0.25, 0.3) is 5.91 Å². The number of nitrogens with zero attached hydrogens (tertiary/aromatic N) is 5. The largest absolute Gasteiger partial charge is 0.339 e. The van der Waals surface area contributed by atoms with Gasteiger partial charge in [-0.05, 0) is 61.7 Å². The maximum atomic E-state index is 13.0. The first-order valence-corrected chi connectivity index (χ1v) is 15.8. The van der Waals surface area contributed by atoms with E-state index in [0.29, 0.717) is 38.0 Å². The standard InChI is InChI=1S/C32H34BrN5O2S/c1-24-23-36(19-20-37(24)31(40)26-15-17-27(33)18-16-26)30(39)14-8-9-21-41-32-35-34-29(22-25-10-4-2-5-11-25)38(32)28-12-6-3-7-13-28/h2-7,10-13,15-18,24H,8-9,14,19-23H2,1H3. The van der Waals surface area contributed by atoms with Crippen molar-refractivity contribution in [3.63, 3.8) is 0 Å². The number of aromatic nitrogens is 3. The van der Waals surface area contributed by atoms with Gasteiger partial charge >= 0.3 is 0 Å². The van der Waals surface area contributed by atoms with E-state index in [4.69, 9.17) is 0 Å². The fourth-order valence-electron chi connectivity index (χ4n) is 5.07. The zero-order valence-corrected chi connectivity index (χ0v) is 25.6. The highest BCUT2D eigenvalue weighted by atomic mass is 79.9. The number of carbonyl (C=O) groups is 2. The first-order chi connectivity index (χ1) is 20.0. The molecule has 0 radical (unpaired) electrons. The summed E-state index contributed by atoms with van der Waals surface area (Å²) in [5.41, 5.74) is 2.92. The molecule has 4 aromatic rings. The number of rotatable bonds is 10. The van der Waals surface area contributed by atoms with E-state index in [9.17, 15) is 9.59 Å². The summed E-state index contributed by atoms with van der Waals surface area (Å²) >= 11 is 5.10.